The topological polar surface area (TPSA) is 59.3 Å². The fraction of sp³-hybridized carbons (Fsp3) is 0.462. The summed E-state index contributed by atoms with van der Waals surface area (Å²) in [4.78, 5) is 11.8. The van der Waals surface area contributed by atoms with E-state index in [1.807, 2.05) is 0 Å². The number of carbonyl (C=O) groups is 1. The Bertz CT molecular complexity index is 724. The highest BCUT2D eigenvalue weighted by Gasteiger charge is 2.35. The number of hydrogen-bond acceptors (Lipinski definition) is 3. The number of rotatable bonds is 3. The molecule has 1 N–H and O–H groups in total. The van der Waals surface area contributed by atoms with E-state index in [0.717, 1.165) is 29.7 Å². The maximum absolute atomic E-state index is 13.0. The zero-order valence-corrected chi connectivity index (χ0v) is 12.1. The van der Waals surface area contributed by atoms with Crippen LogP contribution >= 0.6 is 11.6 Å². The summed E-state index contributed by atoms with van der Waals surface area (Å²) in [6.45, 7) is 0.00807. The van der Waals surface area contributed by atoms with Crippen molar-refractivity contribution >= 4 is 23.2 Å². The molecule has 1 aliphatic carbocycles. The van der Waals surface area contributed by atoms with Crippen LogP contribution in [0.1, 0.15) is 30.7 Å². The van der Waals surface area contributed by atoms with E-state index in [1.165, 1.54) is 6.20 Å². The van der Waals surface area contributed by atoms with Crippen LogP contribution in [0.3, 0.4) is 0 Å². The Balaban J connectivity index is 1.88. The predicted octanol–water partition coefficient (Wildman–Crippen LogP) is 2.82. The van der Waals surface area contributed by atoms with Crippen LogP contribution in [-0.4, -0.2) is 20.5 Å². The van der Waals surface area contributed by atoms with Gasteiger partial charge >= 0.3 is 6.18 Å². The fourth-order valence-corrected chi connectivity index (χ4v) is 2.52. The van der Waals surface area contributed by atoms with E-state index >= 15 is 0 Å². The third-order valence-electron chi connectivity index (χ3n) is 3.74. The zero-order valence-electron chi connectivity index (χ0n) is 11.3. The average molecular weight is 333 g/mol. The van der Waals surface area contributed by atoms with E-state index in [1.54, 1.807) is 0 Å². The highest BCUT2D eigenvalue weighted by Crippen LogP contribution is 2.33. The molecule has 0 unspecified atom stereocenters. The molecule has 2 aromatic heterocycles. The fourth-order valence-electron chi connectivity index (χ4n) is 2.32. The number of nitrogens with zero attached hydrogens (tertiary/aromatic N) is 3. The molecule has 9 heteroatoms. The Hall–Kier alpha value is -1.83. The van der Waals surface area contributed by atoms with Crippen molar-refractivity contribution in [3.05, 3.63) is 28.7 Å². The number of pyridine rings is 1. The Labute approximate surface area is 128 Å². The second-order valence-corrected chi connectivity index (χ2v) is 5.66. The number of aromatic nitrogens is 3. The third kappa shape index (κ3) is 2.75. The summed E-state index contributed by atoms with van der Waals surface area (Å²) < 4.78 is 40.1. The third-order valence-corrected chi connectivity index (χ3v) is 3.95. The lowest BCUT2D eigenvalue weighted by Crippen LogP contribution is -2.34. The van der Waals surface area contributed by atoms with Crippen LogP contribution in [0.25, 0.3) is 5.65 Å². The first-order valence-electron chi connectivity index (χ1n) is 6.74. The van der Waals surface area contributed by atoms with Gasteiger partial charge in [0.15, 0.2) is 11.5 Å². The summed E-state index contributed by atoms with van der Waals surface area (Å²) in [5, 5.41) is 9.88. The van der Waals surface area contributed by atoms with Gasteiger partial charge in [-0.15, -0.1) is 10.2 Å². The van der Waals surface area contributed by atoms with E-state index in [0.29, 0.717) is 0 Å². The van der Waals surface area contributed by atoms with Gasteiger partial charge in [0.25, 0.3) is 0 Å². The first kappa shape index (κ1) is 15.1. The van der Waals surface area contributed by atoms with Gasteiger partial charge in [-0.2, -0.15) is 13.2 Å². The highest BCUT2D eigenvalue weighted by atomic mass is 35.5. The summed E-state index contributed by atoms with van der Waals surface area (Å²) in [6.07, 6.45) is -0.563. The number of nitrogens with one attached hydrogen (secondary N) is 1. The number of halogens is 4. The van der Waals surface area contributed by atoms with Crippen LogP contribution in [0, 0.1) is 5.92 Å². The minimum absolute atomic E-state index is 0.00601. The molecular weight excluding hydrogens is 321 g/mol. The minimum atomic E-state index is -4.58. The van der Waals surface area contributed by atoms with Gasteiger partial charge in [0.2, 0.25) is 5.91 Å². The van der Waals surface area contributed by atoms with Crippen LogP contribution in [0.15, 0.2) is 12.3 Å². The average Bonchev–Trinajstić information content (AvgIpc) is 2.75. The first-order chi connectivity index (χ1) is 10.4. The van der Waals surface area contributed by atoms with E-state index in [9.17, 15) is 18.0 Å². The van der Waals surface area contributed by atoms with Crippen molar-refractivity contribution in [1.29, 1.82) is 0 Å². The molecule has 1 saturated carbocycles. The van der Waals surface area contributed by atoms with Crippen LogP contribution in [0.4, 0.5) is 13.2 Å². The molecule has 0 spiro atoms. The Morgan fingerprint density at radius 2 is 2.14 bits per heavy atom. The largest absolute Gasteiger partial charge is 0.420 e. The van der Waals surface area contributed by atoms with Gasteiger partial charge in [-0.05, 0) is 18.9 Å². The summed E-state index contributed by atoms with van der Waals surface area (Å²) in [6, 6.07) is 0.808. The molecule has 1 aliphatic rings. The molecular formula is C13H12ClF3N4O. The molecule has 0 aromatic carbocycles. The van der Waals surface area contributed by atoms with E-state index in [4.69, 9.17) is 11.6 Å². The van der Waals surface area contributed by atoms with Crippen LogP contribution < -0.4 is 5.32 Å². The molecule has 22 heavy (non-hydrogen) atoms. The number of fused-ring (bicyclic) bond motifs is 1. The number of hydrogen-bond donors (Lipinski definition) is 1. The van der Waals surface area contributed by atoms with Gasteiger partial charge in [0.05, 0.1) is 11.6 Å². The normalized spacial score (nSPS) is 15.8. The molecule has 0 atom stereocenters. The molecule has 3 rings (SSSR count). The van der Waals surface area contributed by atoms with Gasteiger partial charge < -0.3 is 5.32 Å². The van der Waals surface area contributed by atoms with E-state index in [2.05, 4.69) is 15.5 Å². The maximum atomic E-state index is 13.0. The summed E-state index contributed by atoms with van der Waals surface area (Å²) in [7, 11) is 0. The van der Waals surface area contributed by atoms with Gasteiger partial charge in [-0.1, -0.05) is 18.0 Å². The molecule has 5 nitrogen and oxygen atoms in total. The van der Waals surface area contributed by atoms with Crippen molar-refractivity contribution in [2.24, 2.45) is 5.92 Å². The van der Waals surface area contributed by atoms with Crippen LogP contribution in [0.2, 0.25) is 5.02 Å². The van der Waals surface area contributed by atoms with Crippen molar-refractivity contribution in [2.45, 2.75) is 32.0 Å². The van der Waals surface area contributed by atoms with Gasteiger partial charge in [0.1, 0.15) is 5.56 Å². The van der Waals surface area contributed by atoms with Crippen molar-refractivity contribution in [3.63, 3.8) is 0 Å². The smallest absolute Gasteiger partial charge is 0.349 e. The molecule has 2 heterocycles. The molecule has 0 bridgehead atoms. The molecule has 1 amide bonds. The van der Waals surface area contributed by atoms with E-state index < -0.39 is 11.7 Å². The predicted molar refractivity (Wildman–Crippen MR) is 72.2 cm³/mol. The standard InChI is InChI=1S/C13H12ClF3N4O/c14-8-4-9(13(15,16)17)11-20-19-10(21(11)6-8)5-18-12(22)7-2-1-3-7/h4,6-7H,1-3,5H2,(H,18,22). The lowest BCUT2D eigenvalue weighted by Gasteiger charge is -2.23. The van der Waals surface area contributed by atoms with Crippen molar-refractivity contribution < 1.29 is 18.0 Å². The van der Waals surface area contributed by atoms with Crippen molar-refractivity contribution in [2.75, 3.05) is 0 Å². The second-order valence-electron chi connectivity index (χ2n) is 5.23. The molecule has 1 fully saturated rings. The summed E-state index contributed by atoms with van der Waals surface area (Å²) in [5.74, 6) is 0.0882. The highest BCUT2D eigenvalue weighted by molar-refractivity contribution is 6.30. The molecule has 118 valence electrons. The second kappa shape index (κ2) is 5.42. The quantitative estimate of drug-likeness (QED) is 0.940. The Morgan fingerprint density at radius 1 is 1.41 bits per heavy atom. The Morgan fingerprint density at radius 3 is 2.73 bits per heavy atom. The van der Waals surface area contributed by atoms with E-state index in [-0.39, 0.29) is 34.9 Å². The van der Waals surface area contributed by atoms with Crippen LogP contribution in [-0.2, 0) is 17.5 Å². The van der Waals surface area contributed by atoms with Crippen molar-refractivity contribution in [1.82, 2.24) is 19.9 Å². The molecule has 0 radical (unpaired) electrons. The summed E-state index contributed by atoms with van der Waals surface area (Å²) in [5.41, 5.74) is -1.28. The maximum Gasteiger partial charge on any atom is 0.420 e. The monoisotopic (exact) mass is 332 g/mol. The summed E-state index contributed by atoms with van der Waals surface area (Å²) >= 11 is 5.74. The zero-order chi connectivity index (χ0) is 15.9. The van der Waals surface area contributed by atoms with Crippen molar-refractivity contribution in [3.8, 4) is 0 Å². The SMILES string of the molecule is O=C(NCc1nnc2c(C(F)(F)F)cc(Cl)cn12)C1CCC1. The lowest BCUT2D eigenvalue weighted by atomic mass is 9.85. The molecule has 0 aliphatic heterocycles. The number of alkyl halides is 3. The number of carbonyl (C=O) groups excluding carboxylic acids is 1. The first-order valence-corrected chi connectivity index (χ1v) is 7.12. The molecule has 0 saturated heterocycles. The van der Waals surface area contributed by atoms with Crippen LogP contribution in [0.5, 0.6) is 0 Å². The van der Waals surface area contributed by atoms with Gasteiger partial charge in [-0.3, -0.25) is 9.20 Å². The van der Waals surface area contributed by atoms with Gasteiger partial charge in [0, 0.05) is 12.1 Å². The Kier molecular flexibility index (Phi) is 3.72. The number of amides is 1. The molecule has 2 aromatic rings. The lowest BCUT2D eigenvalue weighted by molar-refractivity contribution is -0.136. The minimum Gasteiger partial charge on any atom is -0.349 e. The van der Waals surface area contributed by atoms with Gasteiger partial charge in [-0.25, -0.2) is 0 Å².